The molecule has 4 rings (SSSR count). The van der Waals surface area contributed by atoms with Gasteiger partial charge in [0, 0.05) is 17.5 Å². The molecule has 0 N–H and O–H groups in total. The van der Waals surface area contributed by atoms with Gasteiger partial charge < -0.3 is 4.90 Å². The lowest BCUT2D eigenvalue weighted by Crippen LogP contribution is -2.35. The van der Waals surface area contributed by atoms with Gasteiger partial charge >= 0.3 is 5.69 Å². The molecule has 2 unspecified atom stereocenters. The van der Waals surface area contributed by atoms with Crippen LogP contribution < -0.4 is 4.90 Å². The molecule has 6 nitrogen and oxygen atoms in total. The molecule has 1 aromatic heterocycles. The molecule has 0 amide bonds. The second kappa shape index (κ2) is 6.72. The van der Waals surface area contributed by atoms with Crippen molar-refractivity contribution in [1.82, 2.24) is 9.97 Å². The Kier molecular flexibility index (Phi) is 4.61. The predicted octanol–water partition coefficient (Wildman–Crippen LogP) is 5.25. The second-order valence-electron chi connectivity index (χ2n) is 9.36. The summed E-state index contributed by atoms with van der Waals surface area (Å²) in [6.07, 6.45) is 4.70. The first-order valence-corrected chi connectivity index (χ1v) is 10.5. The first-order valence-electron chi connectivity index (χ1n) is 9.66. The average molecular weight is 399 g/mol. The lowest BCUT2D eigenvalue weighted by molar-refractivity contribution is -0.387. The van der Waals surface area contributed by atoms with Crippen LogP contribution in [0.3, 0.4) is 0 Å². The fourth-order valence-electron chi connectivity index (χ4n) is 5.22. The highest BCUT2D eigenvalue weighted by Gasteiger charge is 2.51. The molecule has 28 heavy (non-hydrogen) atoms. The van der Waals surface area contributed by atoms with Crippen LogP contribution in [0.15, 0.2) is 40.5 Å². The van der Waals surface area contributed by atoms with Crippen molar-refractivity contribution in [2.75, 3.05) is 11.4 Å². The fraction of sp³-hybridized carbons (Fsp3) is 0.524. The first kappa shape index (κ1) is 19.2. The summed E-state index contributed by atoms with van der Waals surface area (Å²) in [6.45, 7) is 9.73. The molecule has 1 aromatic carbocycles. The number of nitro groups is 1. The molecule has 1 aliphatic heterocycles. The number of rotatable bonds is 4. The normalized spacial score (nSPS) is 25.7. The van der Waals surface area contributed by atoms with Crippen LogP contribution in [0.1, 0.15) is 45.6 Å². The van der Waals surface area contributed by atoms with E-state index in [9.17, 15) is 10.1 Å². The molecule has 2 aliphatic rings. The van der Waals surface area contributed by atoms with Gasteiger partial charge in [0.2, 0.25) is 5.82 Å². The molecule has 1 aliphatic carbocycles. The van der Waals surface area contributed by atoms with Gasteiger partial charge in [0.05, 0.1) is 4.92 Å². The van der Waals surface area contributed by atoms with Crippen molar-refractivity contribution >= 4 is 23.3 Å². The number of nitrogens with zero attached hydrogens (tertiary/aromatic N) is 4. The van der Waals surface area contributed by atoms with Gasteiger partial charge in [0.25, 0.3) is 0 Å². The lowest BCUT2D eigenvalue weighted by Gasteiger charge is -2.39. The van der Waals surface area contributed by atoms with E-state index < -0.39 is 0 Å². The molecule has 1 saturated heterocycles. The Labute approximate surface area is 169 Å². The van der Waals surface area contributed by atoms with E-state index in [-0.39, 0.29) is 21.4 Å². The lowest BCUT2D eigenvalue weighted by atomic mass is 9.65. The third kappa shape index (κ3) is 3.60. The summed E-state index contributed by atoms with van der Waals surface area (Å²) >= 11 is 1.33. The van der Waals surface area contributed by atoms with E-state index in [1.54, 1.807) is 0 Å². The number of fused-ring (bicyclic) bond motifs is 2. The molecular formula is C21H26N4O2S. The van der Waals surface area contributed by atoms with Crippen molar-refractivity contribution in [3.05, 3.63) is 46.3 Å². The van der Waals surface area contributed by atoms with Crippen LogP contribution in [0.2, 0.25) is 0 Å². The number of anilines is 1. The van der Waals surface area contributed by atoms with E-state index in [4.69, 9.17) is 0 Å². The highest BCUT2D eigenvalue weighted by atomic mass is 32.2. The molecule has 7 heteroatoms. The van der Waals surface area contributed by atoms with Crippen LogP contribution in [0, 0.1) is 27.9 Å². The number of benzene rings is 1. The topological polar surface area (TPSA) is 72.2 Å². The highest BCUT2D eigenvalue weighted by molar-refractivity contribution is 7.99. The van der Waals surface area contributed by atoms with E-state index in [2.05, 4.69) is 35.6 Å². The number of hydrogen-bond acceptors (Lipinski definition) is 6. The van der Waals surface area contributed by atoms with Crippen molar-refractivity contribution in [1.29, 1.82) is 0 Å². The van der Waals surface area contributed by atoms with Crippen molar-refractivity contribution in [3.8, 4) is 0 Å². The second-order valence-corrected chi connectivity index (χ2v) is 10.4. The van der Waals surface area contributed by atoms with E-state index in [1.165, 1.54) is 18.1 Å². The molecule has 1 saturated carbocycles. The van der Waals surface area contributed by atoms with Crippen molar-refractivity contribution in [2.24, 2.45) is 10.8 Å². The van der Waals surface area contributed by atoms with Gasteiger partial charge in [-0.1, -0.05) is 50.2 Å². The molecule has 0 radical (unpaired) electrons. The zero-order valence-electron chi connectivity index (χ0n) is 16.8. The van der Waals surface area contributed by atoms with Crippen LogP contribution in [-0.4, -0.2) is 27.5 Å². The van der Waals surface area contributed by atoms with Crippen LogP contribution in [0.25, 0.3) is 0 Å². The largest absolute Gasteiger partial charge is 0.347 e. The molecule has 2 fully saturated rings. The minimum Gasteiger partial charge on any atom is -0.347 e. The molecule has 0 spiro atoms. The zero-order chi connectivity index (χ0) is 20.1. The standard InChI is InChI=1S/C21H26N4O2S/c1-14-5-7-16(8-6-14)28-19-17(25(26)27)18(22-13-23-19)24-12-21(4)10-15(24)9-20(2,3)11-21/h5-8,13,15H,9-12H2,1-4H3. The number of aromatic nitrogens is 2. The maximum absolute atomic E-state index is 12.0. The number of hydrogen-bond donors (Lipinski definition) is 0. The quantitative estimate of drug-likeness (QED) is 0.398. The van der Waals surface area contributed by atoms with Gasteiger partial charge in [-0.15, -0.1) is 0 Å². The summed E-state index contributed by atoms with van der Waals surface area (Å²) in [6, 6.07) is 8.24. The van der Waals surface area contributed by atoms with Crippen LogP contribution in [0.4, 0.5) is 11.5 Å². The van der Waals surface area contributed by atoms with Crippen molar-refractivity contribution in [3.63, 3.8) is 0 Å². The Balaban J connectivity index is 1.72. The average Bonchev–Trinajstić information content (AvgIpc) is 2.85. The van der Waals surface area contributed by atoms with E-state index in [1.807, 2.05) is 31.2 Å². The third-order valence-electron chi connectivity index (χ3n) is 5.87. The Hall–Kier alpha value is -2.15. The Morgan fingerprint density at radius 2 is 1.89 bits per heavy atom. The van der Waals surface area contributed by atoms with E-state index in [0.717, 1.165) is 36.3 Å². The fourth-order valence-corrected chi connectivity index (χ4v) is 6.08. The Morgan fingerprint density at radius 1 is 1.18 bits per heavy atom. The third-order valence-corrected chi connectivity index (χ3v) is 6.87. The predicted molar refractivity (Wildman–Crippen MR) is 111 cm³/mol. The van der Waals surface area contributed by atoms with E-state index in [0.29, 0.717) is 16.9 Å². The monoisotopic (exact) mass is 398 g/mol. The maximum atomic E-state index is 12.0. The highest BCUT2D eigenvalue weighted by Crippen LogP contribution is 2.54. The van der Waals surface area contributed by atoms with Gasteiger partial charge in [-0.25, -0.2) is 9.97 Å². The van der Waals surface area contributed by atoms with Crippen molar-refractivity contribution in [2.45, 2.75) is 62.9 Å². The van der Waals surface area contributed by atoms with Gasteiger partial charge in [-0.05, 0) is 49.1 Å². The van der Waals surface area contributed by atoms with Gasteiger partial charge in [-0.2, -0.15) is 0 Å². The van der Waals surface area contributed by atoms with Crippen LogP contribution in [0.5, 0.6) is 0 Å². The molecule has 2 atom stereocenters. The summed E-state index contributed by atoms with van der Waals surface area (Å²) in [5.74, 6) is 0.473. The summed E-state index contributed by atoms with van der Waals surface area (Å²) in [5.41, 5.74) is 1.60. The maximum Gasteiger partial charge on any atom is 0.343 e. The summed E-state index contributed by atoms with van der Waals surface area (Å²) in [4.78, 5) is 23.5. The SMILES string of the molecule is Cc1ccc(Sc2ncnc(N3CC4(C)CC3CC(C)(C)C4)c2[N+](=O)[O-])cc1. The summed E-state index contributed by atoms with van der Waals surface area (Å²) in [5, 5.41) is 12.4. The minimum atomic E-state index is -0.318. The van der Waals surface area contributed by atoms with Gasteiger partial charge in [-0.3, -0.25) is 10.1 Å². The van der Waals surface area contributed by atoms with E-state index >= 15 is 0 Å². The van der Waals surface area contributed by atoms with Gasteiger partial charge in [0.15, 0.2) is 5.03 Å². The van der Waals surface area contributed by atoms with Crippen LogP contribution >= 0.6 is 11.8 Å². The summed E-state index contributed by atoms with van der Waals surface area (Å²) in [7, 11) is 0. The first-order chi connectivity index (χ1) is 13.2. The smallest absolute Gasteiger partial charge is 0.343 e. The molecular weight excluding hydrogens is 372 g/mol. The molecule has 2 bridgehead atoms. The molecule has 148 valence electrons. The Morgan fingerprint density at radius 3 is 2.57 bits per heavy atom. The van der Waals surface area contributed by atoms with Gasteiger partial charge in [0.1, 0.15) is 6.33 Å². The van der Waals surface area contributed by atoms with Crippen molar-refractivity contribution < 1.29 is 4.92 Å². The Bertz CT molecular complexity index is 915. The van der Waals surface area contributed by atoms with Crippen LogP contribution in [-0.2, 0) is 0 Å². The molecule has 2 heterocycles. The summed E-state index contributed by atoms with van der Waals surface area (Å²) < 4.78 is 0. The number of aryl methyl sites for hydroxylation is 1. The minimum absolute atomic E-state index is 0.0297. The zero-order valence-corrected chi connectivity index (χ0v) is 17.6. The molecule has 2 aromatic rings.